The smallest absolute Gasteiger partial charge is 0.216 e. The van der Waals surface area contributed by atoms with Crippen LogP contribution in [0.4, 0.5) is 0 Å². The Labute approximate surface area is 156 Å². The lowest BCUT2D eigenvalue weighted by Crippen LogP contribution is -2.10. The number of aryl methyl sites for hydroxylation is 3. The highest BCUT2D eigenvalue weighted by Gasteiger charge is 2.15. The van der Waals surface area contributed by atoms with Crippen LogP contribution in [0.2, 0.25) is 0 Å². The van der Waals surface area contributed by atoms with E-state index in [1.807, 2.05) is 31.5 Å². The van der Waals surface area contributed by atoms with Crippen molar-refractivity contribution in [2.75, 3.05) is 0 Å². The number of rotatable bonds is 3. The Kier molecular flexibility index (Phi) is 4.70. The zero-order valence-electron chi connectivity index (χ0n) is 17.2. The first-order valence-corrected chi connectivity index (χ1v) is 9.13. The third-order valence-corrected chi connectivity index (χ3v) is 5.61. The summed E-state index contributed by atoms with van der Waals surface area (Å²) in [5, 5.41) is 4.54. The Morgan fingerprint density at radius 1 is 0.692 bits per heavy atom. The highest BCUT2D eigenvalue weighted by atomic mass is 15.4. The summed E-state index contributed by atoms with van der Waals surface area (Å²) >= 11 is 0. The Bertz CT molecular complexity index is 967. The van der Waals surface area contributed by atoms with Gasteiger partial charge in [0.05, 0.1) is 11.4 Å². The quantitative estimate of drug-likeness (QED) is 0.688. The molecule has 3 rings (SSSR count). The van der Waals surface area contributed by atoms with Crippen LogP contribution >= 0.6 is 0 Å². The van der Waals surface area contributed by atoms with Gasteiger partial charge in [0.25, 0.3) is 5.95 Å². The molecule has 4 nitrogen and oxygen atoms in total. The summed E-state index contributed by atoms with van der Waals surface area (Å²) in [5.74, 6) is 0.654. The van der Waals surface area contributed by atoms with Crippen LogP contribution in [0.1, 0.15) is 56.2 Å². The molecule has 0 spiro atoms. The molecule has 0 aliphatic carbocycles. The molecule has 0 radical (unpaired) electrons. The van der Waals surface area contributed by atoms with Gasteiger partial charge in [-0.05, 0) is 101 Å². The van der Waals surface area contributed by atoms with Crippen molar-refractivity contribution in [3.05, 3.63) is 68.3 Å². The minimum atomic E-state index is 0.654. The van der Waals surface area contributed by atoms with Gasteiger partial charge in [-0.1, -0.05) is 0 Å². The summed E-state index contributed by atoms with van der Waals surface area (Å²) in [5.41, 5.74) is 12.3. The van der Waals surface area contributed by atoms with Gasteiger partial charge >= 0.3 is 0 Å². The fraction of sp³-hybridized carbons (Fsp3) is 0.409. The molecule has 0 saturated carbocycles. The maximum Gasteiger partial charge on any atom is 0.251 e. The average molecular weight is 348 g/mol. The summed E-state index contributed by atoms with van der Waals surface area (Å²) < 4.78 is 1.83. The summed E-state index contributed by atoms with van der Waals surface area (Å²) in [6.45, 7) is 17.1. The van der Waals surface area contributed by atoms with Crippen LogP contribution in [0, 0.1) is 55.4 Å². The topological polar surface area (TPSA) is 43.6 Å². The number of hydrogen-bond donors (Lipinski definition) is 0. The van der Waals surface area contributed by atoms with Gasteiger partial charge in [-0.25, -0.2) is 14.6 Å². The molecule has 0 N–H and O–H groups in total. The summed E-state index contributed by atoms with van der Waals surface area (Å²) in [6, 6.07) is 4.13. The molecule has 0 amide bonds. The first-order chi connectivity index (χ1) is 12.2. The van der Waals surface area contributed by atoms with Gasteiger partial charge in [0.1, 0.15) is 0 Å². The number of benzene rings is 1. The van der Waals surface area contributed by atoms with Crippen molar-refractivity contribution in [3.63, 3.8) is 0 Å². The molecular weight excluding hydrogens is 320 g/mol. The van der Waals surface area contributed by atoms with Crippen molar-refractivity contribution in [1.82, 2.24) is 19.7 Å². The second kappa shape index (κ2) is 6.67. The summed E-state index contributed by atoms with van der Waals surface area (Å²) in [4.78, 5) is 9.43. The van der Waals surface area contributed by atoms with Crippen LogP contribution in [0.25, 0.3) is 5.95 Å². The van der Waals surface area contributed by atoms with E-state index in [9.17, 15) is 0 Å². The minimum absolute atomic E-state index is 0.654. The number of hydrogen-bond acceptors (Lipinski definition) is 3. The molecule has 0 fully saturated rings. The SMILES string of the molecule is Cc1cc(Cc2c(C)c(C)c(C)c(C)c2C)nc(-n2nc(C)cc2C)n1. The van der Waals surface area contributed by atoms with Crippen LogP contribution in [0.5, 0.6) is 0 Å². The molecule has 2 aromatic heterocycles. The van der Waals surface area contributed by atoms with Crippen LogP contribution < -0.4 is 0 Å². The first-order valence-electron chi connectivity index (χ1n) is 9.13. The Hall–Kier alpha value is -2.49. The van der Waals surface area contributed by atoms with Crippen molar-refractivity contribution in [2.45, 2.75) is 61.8 Å². The Morgan fingerprint density at radius 3 is 1.81 bits per heavy atom. The summed E-state index contributed by atoms with van der Waals surface area (Å²) in [6.07, 6.45) is 0.815. The van der Waals surface area contributed by atoms with E-state index in [4.69, 9.17) is 4.98 Å². The molecular formula is C22H28N4. The first kappa shape index (κ1) is 18.3. The average Bonchev–Trinajstić information content (AvgIpc) is 2.93. The van der Waals surface area contributed by atoms with E-state index >= 15 is 0 Å². The summed E-state index contributed by atoms with van der Waals surface area (Å²) in [7, 11) is 0. The lowest BCUT2D eigenvalue weighted by molar-refractivity contribution is 0.758. The van der Waals surface area contributed by atoms with E-state index in [1.165, 1.54) is 33.4 Å². The fourth-order valence-corrected chi connectivity index (χ4v) is 3.66. The van der Waals surface area contributed by atoms with Crippen LogP contribution in [0.15, 0.2) is 12.1 Å². The number of aromatic nitrogens is 4. The maximum absolute atomic E-state index is 4.83. The van der Waals surface area contributed by atoms with Gasteiger partial charge in [-0.3, -0.25) is 0 Å². The largest absolute Gasteiger partial charge is 0.251 e. The molecule has 0 saturated heterocycles. The van der Waals surface area contributed by atoms with E-state index in [0.29, 0.717) is 5.95 Å². The van der Waals surface area contributed by atoms with Gasteiger partial charge in [0.2, 0.25) is 0 Å². The van der Waals surface area contributed by atoms with E-state index in [2.05, 4.69) is 50.8 Å². The van der Waals surface area contributed by atoms with E-state index in [0.717, 1.165) is 29.2 Å². The van der Waals surface area contributed by atoms with Crippen LogP contribution in [-0.2, 0) is 6.42 Å². The molecule has 0 atom stereocenters. The van der Waals surface area contributed by atoms with Crippen molar-refractivity contribution in [3.8, 4) is 5.95 Å². The second-order valence-electron chi connectivity index (χ2n) is 7.42. The Balaban J connectivity index is 2.09. The van der Waals surface area contributed by atoms with Gasteiger partial charge in [0, 0.05) is 17.8 Å². The minimum Gasteiger partial charge on any atom is -0.216 e. The third-order valence-electron chi connectivity index (χ3n) is 5.61. The third kappa shape index (κ3) is 3.16. The van der Waals surface area contributed by atoms with Gasteiger partial charge in [-0.15, -0.1) is 0 Å². The normalized spacial score (nSPS) is 11.2. The molecule has 136 valence electrons. The van der Waals surface area contributed by atoms with E-state index < -0.39 is 0 Å². The molecule has 3 aromatic rings. The van der Waals surface area contributed by atoms with Gasteiger partial charge in [-0.2, -0.15) is 5.10 Å². The van der Waals surface area contributed by atoms with Gasteiger partial charge < -0.3 is 0 Å². The Morgan fingerprint density at radius 2 is 1.27 bits per heavy atom. The fourth-order valence-electron chi connectivity index (χ4n) is 3.66. The molecule has 0 aliphatic heterocycles. The van der Waals surface area contributed by atoms with E-state index in [-0.39, 0.29) is 0 Å². The van der Waals surface area contributed by atoms with Crippen molar-refractivity contribution >= 4 is 0 Å². The maximum atomic E-state index is 4.83. The van der Waals surface area contributed by atoms with Gasteiger partial charge in [0.15, 0.2) is 0 Å². The zero-order valence-corrected chi connectivity index (χ0v) is 17.2. The highest BCUT2D eigenvalue weighted by Crippen LogP contribution is 2.27. The second-order valence-corrected chi connectivity index (χ2v) is 7.42. The highest BCUT2D eigenvalue weighted by molar-refractivity contribution is 5.50. The monoisotopic (exact) mass is 348 g/mol. The molecule has 0 bridgehead atoms. The van der Waals surface area contributed by atoms with Crippen molar-refractivity contribution in [1.29, 1.82) is 0 Å². The number of nitrogens with zero attached hydrogens (tertiary/aromatic N) is 4. The van der Waals surface area contributed by atoms with Crippen LogP contribution in [0.3, 0.4) is 0 Å². The molecule has 4 heteroatoms. The molecule has 1 aromatic carbocycles. The van der Waals surface area contributed by atoms with Crippen molar-refractivity contribution < 1.29 is 0 Å². The van der Waals surface area contributed by atoms with Crippen molar-refractivity contribution in [2.24, 2.45) is 0 Å². The lowest BCUT2D eigenvalue weighted by Gasteiger charge is -2.19. The predicted molar refractivity (Wildman–Crippen MR) is 106 cm³/mol. The molecule has 0 unspecified atom stereocenters. The molecule has 26 heavy (non-hydrogen) atoms. The standard InChI is InChI=1S/C22H28N4/c1-12-10-20(24-22(23-12)26-14(3)9-13(2)25-26)11-21-18(7)16(5)15(4)17(6)19(21)8/h9-10H,11H2,1-8H3. The van der Waals surface area contributed by atoms with E-state index in [1.54, 1.807) is 0 Å². The zero-order chi connectivity index (χ0) is 19.2. The van der Waals surface area contributed by atoms with Crippen LogP contribution in [-0.4, -0.2) is 19.7 Å². The molecule has 0 aliphatic rings. The molecule has 2 heterocycles. The lowest BCUT2D eigenvalue weighted by atomic mass is 9.87. The predicted octanol–water partition coefficient (Wildman–Crippen LogP) is 4.72.